The molecule has 0 heterocycles. The zero-order valence-electron chi connectivity index (χ0n) is 18.5. The lowest BCUT2D eigenvalue weighted by molar-refractivity contribution is -0.116. The van der Waals surface area contributed by atoms with E-state index in [1.807, 2.05) is 25.1 Å². The summed E-state index contributed by atoms with van der Waals surface area (Å²) in [5, 5.41) is 8.63. The molecule has 0 fully saturated rings. The molecule has 0 unspecified atom stereocenters. The normalized spacial score (nSPS) is 10.2. The van der Waals surface area contributed by atoms with Gasteiger partial charge in [-0.05, 0) is 66.7 Å². The van der Waals surface area contributed by atoms with Gasteiger partial charge in [0.2, 0.25) is 5.91 Å². The van der Waals surface area contributed by atoms with Crippen molar-refractivity contribution >= 4 is 40.5 Å². The highest BCUT2D eigenvalue weighted by atomic mass is 32.1. The van der Waals surface area contributed by atoms with Gasteiger partial charge in [-0.15, -0.1) is 0 Å². The summed E-state index contributed by atoms with van der Waals surface area (Å²) >= 11 is 5.26. The monoisotopic (exact) mass is 461 g/mol. The van der Waals surface area contributed by atoms with Gasteiger partial charge in [0, 0.05) is 29.8 Å². The largest absolute Gasteiger partial charge is 0.493 e. The number of hydrogen-bond acceptors (Lipinski definition) is 4. The molecule has 3 aromatic carbocycles. The summed E-state index contributed by atoms with van der Waals surface area (Å²) in [6.07, 6.45) is 2.05. The highest BCUT2D eigenvalue weighted by Crippen LogP contribution is 2.16. The van der Waals surface area contributed by atoms with Gasteiger partial charge >= 0.3 is 0 Å². The number of hydrogen-bond donors (Lipinski definition) is 3. The smallest absolute Gasteiger partial charge is 0.257 e. The van der Waals surface area contributed by atoms with Gasteiger partial charge in [-0.25, -0.2) is 0 Å². The maximum atomic E-state index is 12.5. The number of benzene rings is 3. The second-order valence-corrected chi connectivity index (χ2v) is 7.80. The Morgan fingerprint density at radius 3 is 2.27 bits per heavy atom. The quantitative estimate of drug-likeness (QED) is 0.383. The summed E-state index contributed by atoms with van der Waals surface area (Å²) < 4.78 is 5.76. The second kappa shape index (κ2) is 12.4. The van der Waals surface area contributed by atoms with Crippen molar-refractivity contribution in [2.45, 2.75) is 26.2 Å². The summed E-state index contributed by atoms with van der Waals surface area (Å²) in [4.78, 5) is 24.3. The molecular formula is C26H27N3O3S. The number of rotatable bonds is 9. The maximum absolute atomic E-state index is 12.5. The predicted octanol–water partition coefficient (Wildman–Crippen LogP) is 5.17. The first kappa shape index (κ1) is 23.9. The molecule has 0 spiro atoms. The van der Waals surface area contributed by atoms with E-state index < -0.39 is 0 Å². The summed E-state index contributed by atoms with van der Waals surface area (Å²) in [6, 6.07) is 24.2. The molecule has 6 nitrogen and oxygen atoms in total. The van der Waals surface area contributed by atoms with Crippen molar-refractivity contribution in [2.75, 3.05) is 17.2 Å². The Labute approximate surface area is 199 Å². The van der Waals surface area contributed by atoms with Crippen LogP contribution in [0.25, 0.3) is 0 Å². The van der Waals surface area contributed by atoms with E-state index in [1.165, 1.54) is 5.56 Å². The highest BCUT2D eigenvalue weighted by Gasteiger charge is 2.09. The van der Waals surface area contributed by atoms with Gasteiger partial charge in [0.1, 0.15) is 5.75 Å². The molecule has 3 aromatic rings. The number of carbonyl (C=O) groups excluding carboxylic acids is 2. The molecule has 0 aliphatic carbocycles. The summed E-state index contributed by atoms with van der Waals surface area (Å²) in [6.45, 7) is 2.51. The third-order valence-electron chi connectivity index (χ3n) is 4.73. The van der Waals surface area contributed by atoms with Crippen LogP contribution in [-0.4, -0.2) is 23.5 Å². The lowest BCUT2D eigenvalue weighted by Gasteiger charge is -2.12. The van der Waals surface area contributed by atoms with Crippen molar-refractivity contribution in [1.82, 2.24) is 5.32 Å². The van der Waals surface area contributed by atoms with Crippen LogP contribution < -0.4 is 20.7 Å². The molecule has 0 saturated carbocycles. The highest BCUT2D eigenvalue weighted by molar-refractivity contribution is 7.80. The number of carbonyl (C=O) groups is 2. The first-order chi connectivity index (χ1) is 16.0. The minimum absolute atomic E-state index is 0.0435. The first-order valence-corrected chi connectivity index (χ1v) is 11.2. The van der Waals surface area contributed by atoms with Crippen LogP contribution in [-0.2, 0) is 11.2 Å². The molecule has 0 atom stereocenters. The van der Waals surface area contributed by atoms with Gasteiger partial charge in [0.05, 0.1) is 6.61 Å². The SMILES string of the molecule is CCCC(=O)Nc1cccc(NC(=S)NC(=O)c2ccc(OCCc3ccccc3)cc2)c1. The van der Waals surface area contributed by atoms with E-state index in [2.05, 4.69) is 28.1 Å². The Balaban J connectivity index is 1.47. The Morgan fingerprint density at radius 2 is 1.58 bits per heavy atom. The number of amides is 2. The van der Waals surface area contributed by atoms with E-state index in [9.17, 15) is 9.59 Å². The van der Waals surface area contributed by atoms with E-state index in [0.717, 1.165) is 12.8 Å². The van der Waals surface area contributed by atoms with E-state index >= 15 is 0 Å². The number of nitrogens with one attached hydrogen (secondary N) is 3. The average Bonchev–Trinajstić information content (AvgIpc) is 2.80. The van der Waals surface area contributed by atoms with Crippen molar-refractivity contribution in [1.29, 1.82) is 0 Å². The van der Waals surface area contributed by atoms with Crippen LogP contribution >= 0.6 is 12.2 Å². The van der Waals surface area contributed by atoms with Crippen molar-refractivity contribution < 1.29 is 14.3 Å². The van der Waals surface area contributed by atoms with Gasteiger partial charge < -0.3 is 15.4 Å². The van der Waals surface area contributed by atoms with Gasteiger partial charge in [-0.1, -0.05) is 43.3 Å². The van der Waals surface area contributed by atoms with E-state index in [0.29, 0.717) is 35.7 Å². The van der Waals surface area contributed by atoms with Crippen molar-refractivity contribution in [3.63, 3.8) is 0 Å². The van der Waals surface area contributed by atoms with E-state index in [4.69, 9.17) is 17.0 Å². The molecule has 0 aliphatic rings. The van der Waals surface area contributed by atoms with E-state index in [1.54, 1.807) is 48.5 Å². The van der Waals surface area contributed by atoms with Crippen LogP contribution in [0, 0.1) is 0 Å². The van der Waals surface area contributed by atoms with Gasteiger partial charge in [0.25, 0.3) is 5.91 Å². The zero-order chi connectivity index (χ0) is 23.5. The topological polar surface area (TPSA) is 79.5 Å². The molecule has 33 heavy (non-hydrogen) atoms. The van der Waals surface area contributed by atoms with Crippen LogP contribution in [0.5, 0.6) is 5.75 Å². The fraction of sp³-hybridized carbons (Fsp3) is 0.192. The standard InChI is InChI=1S/C26H27N3O3S/c1-2-7-24(30)27-21-10-6-11-22(18-21)28-26(33)29-25(31)20-12-14-23(15-13-20)32-17-16-19-8-4-3-5-9-19/h3-6,8-15,18H,2,7,16-17H2,1H3,(H,27,30)(H2,28,29,31,33). The molecule has 3 N–H and O–H groups in total. The van der Waals surface area contributed by atoms with Gasteiger partial charge in [0.15, 0.2) is 5.11 Å². The van der Waals surface area contributed by atoms with Crippen molar-refractivity contribution in [2.24, 2.45) is 0 Å². The molecule has 0 radical (unpaired) electrons. The maximum Gasteiger partial charge on any atom is 0.257 e. The molecule has 0 aromatic heterocycles. The predicted molar refractivity (Wildman–Crippen MR) is 136 cm³/mol. The Bertz CT molecular complexity index is 1090. The molecule has 7 heteroatoms. The summed E-state index contributed by atoms with van der Waals surface area (Å²) in [5.74, 6) is 0.332. The van der Waals surface area contributed by atoms with Gasteiger partial charge in [-0.2, -0.15) is 0 Å². The lowest BCUT2D eigenvalue weighted by atomic mass is 10.2. The summed E-state index contributed by atoms with van der Waals surface area (Å²) in [7, 11) is 0. The molecule has 170 valence electrons. The Kier molecular flexibility index (Phi) is 8.97. The fourth-order valence-corrected chi connectivity index (χ4v) is 3.31. The Morgan fingerprint density at radius 1 is 0.879 bits per heavy atom. The van der Waals surface area contributed by atoms with Crippen LogP contribution in [0.4, 0.5) is 11.4 Å². The Hall–Kier alpha value is -3.71. The van der Waals surface area contributed by atoms with Crippen LogP contribution in [0.1, 0.15) is 35.7 Å². The van der Waals surface area contributed by atoms with E-state index in [-0.39, 0.29) is 16.9 Å². The van der Waals surface area contributed by atoms with Crippen LogP contribution in [0.15, 0.2) is 78.9 Å². The van der Waals surface area contributed by atoms with Crippen molar-refractivity contribution in [3.05, 3.63) is 90.0 Å². The average molecular weight is 462 g/mol. The molecule has 0 bridgehead atoms. The minimum Gasteiger partial charge on any atom is -0.493 e. The number of ether oxygens (including phenoxy) is 1. The molecule has 0 aliphatic heterocycles. The van der Waals surface area contributed by atoms with Gasteiger partial charge in [-0.3, -0.25) is 14.9 Å². The minimum atomic E-state index is -0.323. The zero-order valence-corrected chi connectivity index (χ0v) is 19.3. The fourth-order valence-electron chi connectivity index (χ4n) is 3.10. The first-order valence-electron chi connectivity index (χ1n) is 10.8. The molecule has 0 saturated heterocycles. The third kappa shape index (κ3) is 8.05. The summed E-state index contributed by atoms with van der Waals surface area (Å²) in [5.41, 5.74) is 3.01. The second-order valence-electron chi connectivity index (χ2n) is 7.40. The lowest BCUT2D eigenvalue weighted by Crippen LogP contribution is -2.34. The van der Waals surface area contributed by atoms with Crippen LogP contribution in [0.2, 0.25) is 0 Å². The molecule has 3 rings (SSSR count). The number of thiocarbonyl (C=S) groups is 1. The third-order valence-corrected chi connectivity index (χ3v) is 4.93. The molecule has 2 amide bonds. The van der Waals surface area contributed by atoms with Crippen molar-refractivity contribution in [3.8, 4) is 5.75 Å². The molecular weight excluding hydrogens is 434 g/mol. The number of anilines is 2. The van der Waals surface area contributed by atoms with Crippen LogP contribution in [0.3, 0.4) is 0 Å².